The molecule has 17 heavy (non-hydrogen) atoms. The number of nitrogens with one attached hydrogen (secondary N) is 2. The Balaban J connectivity index is 2.04. The Labute approximate surface area is 113 Å². The van der Waals surface area contributed by atoms with E-state index in [4.69, 9.17) is 0 Å². The van der Waals surface area contributed by atoms with Gasteiger partial charge in [-0.1, -0.05) is 6.07 Å². The smallest absolute Gasteiger partial charge is 0.228 e. The summed E-state index contributed by atoms with van der Waals surface area (Å²) in [5.74, 6) is -0.339. The first-order valence-electron chi connectivity index (χ1n) is 5.64. The minimum atomic E-state index is -0.301. The van der Waals surface area contributed by atoms with E-state index in [2.05, 4.69) is 10.6 Å². The van der Waals surface area contributed by atoms with E-state index < -0.39 is 0 Å². The van der Waals surface area contributed by atoms with Gasteiger partial charge in [0.1, 0.15) is 5.82 Å². The highest BCUT2D eigenvalue weighted by Crippen LogP contribution is 2.22. The van der Waals surface area contributed by atoms with Gasteiger partial charge in [-0.25, -0.2) is 4.39 Å². The molecule has 1 unspecified atom stereocenters. The summed E-state index contributed by atoms with van der Waals surface area (Å²) < 4.78 is 13.8. The number of carbonyl (C=O) groups is 1. The number of hydrogen-bond acceptors (Lipinski definition) is 2. The minimum absolute atomic E-state index is 0.0113. The van der Waals surface area contributed by atoms with Gasteiger partial charge in [-0.3, -0.25) is 4.79 Å². The number of carbonyl (C=O) groups excluding carboxylic acids is 1. The average molecular weight is 348 g/mol. The van der Waals surface area contributed by atoms with Crippen molar-refractivity contribution in [3.05, 3.63) is 27.6 Å². The lowest BCUT2D eigenvalue weighted by Gasteiger charge is -2.22. The van der Waals surface area contributed by atoms with Crippen LogP contribution in [0.5, 0.6) is 0 Å². The molecule has 5 heteroatoms. The molecular formula is C12H14FIN2O. The Kier molecular flexibility index (Phi) is 4.33. The van der Waals surface area contributed by atoms with Gasteiger partial charge in [0.2, 0.25) is 5.91 Å². The van der Waals surface area contributed by atoms with Crippen LogP contribution in [0, 0.1) is 15.3 Å². The molecule has 1 aromatic carbocycles. The lowest BCUT2D eigenvalue weighted by Crippen LogP contribution is -2.37. The second kappa shape index (κ2) is 5.77. The van der Waals surface area contributed by atoms with Crippen molar-refractivity contribution in [1.82, 2.24) is 5.32 Å². The highest BCUT2D eigenvalue weighted by molar-refractivity contribution is 14.1. The van der Waals surface area contributed by atoms with Gasteiger partial charge in [0.05, 0.1) is 15.2 Å². The Bertz CT molecular complexity index is 419. The van der Waals surface area contributed by atoms with Crippen LogP contribution in [0.3, 0.4) is 0 Å². The number of anilines is 1. The van der Waals surface area contributed by atoms with Crippen LogP contribution >= 0.6 is 22.6 Å². The predicted octanol–water partition coefficient (Wildman–Crippen LogP) is 2.37. The van der Waals surface area contributed by atoms with Crippen molar-refractivity contribution in [2.24, 2.45) is 5.92 Å². The fraction of sp³-hybridized carbons (Fsp3) is 0.417. The molecule has 1 fully saturated rings. The van der Waals surface area contributed by atoms with Crippen molar-refractivity contribution in [1.29, 1.82) is 0 Å². The summed E-state index contributed by atoms with van der Waals surface area (Å²) in [7, 11) is 0. The molecule has 1 heterocycles. The van der Waals surface area contributed by atoms with Crippen molar-refractivity contribution in [3.63, 3.8) is 0 Å². The summed E-state index contributed by atoms with van der Waals surface area (Å²) in [5, 5.41) is 5.99. The van der Waals surface area contributed by atoms with Crippen molar-refractivity contribution in [2.75, 3.05) is 18.4 Å². The molecule has 0 aromatic heterocycles. The number of benzene rings is 1. The molecule has 0 aliphatic carbocycles. The summed E-state index contributed by atoms with van der Waals surface area (Å²) in [6.45, 7) is 1.68. The summed E-state index contributed by atoms with van der Waals surface area (Å²) in [6, 6.07) is 4.71. The molecule has 0 saturated carbocycles. The van der Waals surface area contributed by atoms with Gasteiger partial charge in [0, 0.05) is 6.54 Å². The van der Waals surface area contributed by atoms with Gasteiger partial charge in [0.25, 0.3) is 0 Å². The van der Waals surface area contributed by atoms with Crippen molar-refractivity contribution in [3.8, 4) is 0 Å². The minimum Gasteiger partial charge on any atom is -0.325 e. The molecule has 0 radical (unpaired) electrons. The topological polar surface area (TPSA) is 41.1 Å². The number of halogens is 2. The maximum atomic E-state index is 13.3. The fourth-order valence-corrected chi connectivity index (χ4v) is 2.41. The number of piperidine rings is 1. The lowest BCUT2D eigenvalue weighted by atomic mass is 9.99. The van der Waals surface area contributed by atoms with E-state index >= 15 is 0 Å². The normalized spacial score (nSPS) is 20.0. The Hall–Kier alpha value is -0.690. The molecule has 1 saturated heterocycles. The van der Waals surface area contributed by atoms with Crippen LogP contribution in [0.2, 0.25) is 0 Å². The Morgan fingerprint density at radius 3 is 3.06 bits per heavy atom. The molecule has 0 spiro atoms. The molecule has 92 valence electrons. The highest BCUT2D eigenvalue weighted by atomic mass is 127. The van der Waals surface area contributed by atoms with Gasteiger partial charge >= 0.3 is 0 Å². The maximum Gasteiger partial charge on any atom is 0.228 e. The standard InChI is InChI=1S/C12H14FIN2O/c13-9-4-1-5-10(11(9)14)16-12(17)8-3-2-6-15-7-8/h1,4-5,8,15H,2-3,6-7H2,(H,16,17). The molecule has 3 nitrogen and oxygen atoms in total. The van der Waals surface area contributed by atoms with Crippen LogP contribution in [0.15, 0.2) is 18.2 Å². The Morgan fingerprint density at radius 1 is 1.53 bits per heavy atom. The van der Waals surface area contributed by atoms with Crippen LogP contribution in [0.1, 0.15) is 12.8 Å². The largest absolute Gasteiger partial charge is 0.325 e. The van der Waals surface area contributed by atoms with E-state index in [1.54, 1.807) is 12.1 Å². The summed E-state index contributed by atoms with van der Waals surface area (Å²) in [4.78, 5) is 12.0. The van der Waals surface area contributed by atoms with Crippen LogP contribution < -0.4 is 10.6 Å². The van der Waals surface area contributed by atoms with Crippen LogP contribution in [0.4, 0.5) is 10.1 Å². The van der Waals surface area contributed by atoms with E-state index in [1.807, 2.05) is 22.6 Å². The maximum absolute atomic E-state index is 13.3. The highest BCUT2D eigenvalue weighted by Gasteiger charge is 2.21. The van der Waals surface area contributed by atoms with E-state index in [0.29, 0.717) is 15.8 Å². The zero-order valence-electron chi connectivity index (χ0n) is 9.30. The molecular weight excluding hydrogens is 334 g/mol. The SMILES string of the molecule is O=C(Nc1cccc(F)c1I)C1CCCNC1. The molecule has 0 bridgehead atoms. The summed E-state index contributed by atoms with van der Waals surface area (Å²) in [6.07, 6.45) is 1.91. The van der Waals surface area contributed by atoms with E-state index in [1.165, 1.54) is 6.07 Å². The molecule has 1 amide bonds. The first-order chi connectivity index (χ1) is 8.18. The first-order valence-corrected chi connectivity index (χ1v) is 6.72. The van der Waals surface area contributed by atoms with Crippen molar-refractivity contribution >= 4 is 34.2 Å². The third-order valence-electron chi connectivity index (χ3n) is 2.88. The predicted molar refractivity (Wildman–Crippen MR) is 73.3 cm³/mol. The number of rotatable bonds is 2. The third kappa shape index (κ3) is 3.16. The lowest BCUT2D eigenvalue weighted by molar-refractivity contribution is -0.120. The molecule has 1 aliphatic rings. The van der Waals surface area contributed by atoms with Crippen molar-refractivity contribution < 1.29 is 9.18 Å². The summed E-state index contributed by atoms with van der Waals surface area (Å²) >= 11 is 1.90. The molecule has 1 aliphatic heterocycles. The van der Waals surface area contributed by atoms with E-state index in [9.17, 15) is 9.18 Å². The first kappa shape index (κ1) is 12.8. The van der Waals surface area contributed by atoms with Crippen LogP contribution in [0.25, 0.3) is 0 Å². The number of amides is 1. The molecule has 1 aromatic rings. The average Bonchev–Trinajstić information content (AvgIpc) is 2.36. The Morgan fingerprint density at radius 2 is 2.35 bits per heavy atom. The molecule has 2 N–H and O–H groups in total. The summed E-state index contributed by atoms with van der Waals surface area (Å²) in [5.41, 5.74) is 0.557. The fourth-order valence-electron chi connectivity index (χ4n) is 1.91. The van der Waals surface area contributed by atoms with Gasteiger partial charge in [-0.05, 0) is 54.1 Å². The molecule has 2 rings (SSSR count). The van der Waals surface area contributed by atoms with Gasteiger partial charge in [-0.15, -0.1) is 0 Å². The van der Waals surface area contributed by atoms with Crippen LogP contribution in [-0.4, -0.2) is 19.0 Å². The second-order valence-corrected chi connectivity index (χ2v) is 5.21. The molecule has 1 atom stereocenters. The van der Waals surface area contributed by atoms with Gasteiger partial charge in [0.15, 0.2) is 0 Å². The zero-order chi connectivity index (χ0) is 12.3. The van der Waals surface area contributed by atoms with Gasteiger partial charge in [-0.2, -0.15) is 0 Å². The van der Waals surface area contributed by atoms with Crippen molar-refractivity contribution in [2.45, 2.75) is 12.8 Å². The quantitative estimate of drug-likeness (QED) is 0.806. The van der Waals surface area contributed by atoms with E-state index in [-0.39, 0.29) is 17.6 Å². The van der Waals surface area contributed by atoms with E-state index in [0.717, 1.165) is 19.4 Å². The second-order valence-electron chi connectivity index (χ2n) is 4.13. The monoisotopic (exact) mass is 348 g/mol. The number of hydrogen-bond donors (Lipinski definition) is 2. The third-order valence-corrected chi connectivity index (χ3v) is 3.97. The zero-order valence-corrected chi connectivity index (χ0v) is 11.5. The van der Waals surface area contributed by atoms with Gasteiger partial charge < -0.3 is 10.6 Å². The van der Waals surface area contributed by atoms with Crippen LogP contribution in [-0.2, 0) is 4.79 Å².